The van der Waals surface area contributed by atoms with E-state index in [1.165, 1.54) is 12.1 Å². The molecule has 0 bridgehead atoms. The van der Waals surface area contributed by atoms with E-state index in [2.05, 4.69) is 15.3 Å². The summed E-state index contributed by atoms with van der Waals surface area (Å²) in [7, 11) is 0. The van der Waals surface area contributed by atoms with Gasteiger partial charge in [0.05, 0.1) is 22.0 Å². The average molecular weight is 286 g/mol. The number of aryl methyl sites for hydroxylation is 1. The summed E-state index contributed by atoms with van der Waals surface area (Å²) >= 11 is 0. The number of anilines is 1. The Morgan fingerprint density at radius 1 is 1.38 bits per heavy atom. The van der Waals surface area contributed by atoms with Crippen LogP contribution in [0.15, 0.2) is 34.7 Å². The molecule has 21 heavy (non-hydrogen) atoms. The quantitative estimate of drug-likeness (QED) is 0.564. The zero-order valence-corrected chi connectivity index (χ0v) is 11.6. The highest BCUT2D eigenvalue weighted by Crippen LogP contribution is 2.23. The predicted octanol–water partition coefficient (Wildman–Crippen LogP) is 3.55. The second kappa shape index (κ2) is 4.93. The van der Waals surface area contributed by atoms with Crippen LogP contribution in [0, 0.1) is 17.0 Å². The number of rotatable bonds is 4. The molecule has 2 aromatic heterocycles. The maximum atomic E-state index is 10.8. The molecular formula is C14H14N4O3. The molecular weight excluding hydrogens is 272 g/mol. The van der Waals surface area contributed by atoms with Crippen molar-refractivity contribution in [2.75, 3.05) is 5.32 Å². The van der Waals surface area contributed by atoms with Crippen molar-refractivity contribution >= 4 is 22.7 Å². The van der Waals surface area contributed by atoms with Gasteiger partial charge in [0.15, 0.2) is 0 Å². The monoisotopic (exact) mass is 286 g/mol. The summed E-state index contributed by atoms with van der Waals surface area (Å²) in [6.45, 7) is 3.84. The first kappa shape index (κ1) is 13.2. The van der Waals surface area contributed by atoms with Crippen molar-refractivity contribution in [3.63, 3.8) is 0 Å². The number of furan rings is 1. The van der Waals surface area contributed by atoms with Crippen LogP contribution in [0.3, 0.4) is 0 Å². The van der Waals surface area contributed by atoms with Crippen molar-refractivity contribution in [3.05, 3.63) is 52.0 Å². The summed E-state index contributed by atoms with van der Waals surface area (Å²) in [6, 6.07) is 8.27. The van der Waals surface area contributed by atoms with Crippen LogP contribution < -0.4 is 5.32 Å². The third kappa shape index (κ3) is 2.58. The minimum Gasteiger partial charge on any atom is -0.464 e. The Labute approximate surface area is 120 Å². The van der Waals surface area contributed by atoms with E-state index in [-0.39, 0.29) is 11.7 Å². The van der Waals surface area contributed by atoms with E-state index in [1.54, 1.807) is 6.07 Å². The van der Waals surface area contributed by atoms with Crippen LogP contribution in [0.4, 0.5) is 11.6 Å². The molecule has 3 aromatic rings. The summed E-state index contributed by atoms with van der Waals surface area (Å²) in [5.74, 6) is 2.20. The molecule has 0 aliphatic heterocycles. The van der Waals surface area contributed by atoms with Crippen molar-refractivity contribution in [1.82, 2.24) is 9.97 Å². The Morgan fingerprint density at radius 3 is 2.86 bits per heavy atom. The molecule has 0 aliphatic carbocycles. The molecule has 2 heterocycles. The lowest BCUT2D eigenvalue weighted by molar-refractivity contribution is -0.384. The SMILES string of the molecule is Cc1ccc(C(C)Nc2nc3ccc([N+](=O)[O-])cc3[nH]2)o1. The number of benzene rings is 1. The van der Waals surface area contributed by atoms with E-state index in [9.17, 15) is 10.1 Å². The molecule has 1 unspecified atom stereocenters. The van der Waals surface area contributed by atoms with E-state index < -0.39 is 4.92 Å². The van der Waals surface area contributed by atoms with Gasteiger partial charge in [0.2, 0.25) is 5.95 Å². The van der Waals surface area contributed by atoms with Crippen LogP contribution in [-0.4, -0.2) is 14.9 Å². The van der Waals surface area contributed by atoms with Crippen molar-refractivity contribution in [2.24, 2.45) is 0 Å². The number of nitrogens with one attached hydrogen (secondary N) is 2. The molecule has 7 heteroatoms. The fraction of sp³-hybridized carbons (Fsp3) is 0.214. The molecule has 0 fully saturated rings. The van der Waals surface area contributed by atoms with E-state index >= 15 is 0 Å². The van der Waals surface area contributed by atoms with Crippen LogP contribution in [-0.2, 0) is 0 Å². The molecule has 1 aromatic carbocycles. The van der Waals surface area contributed by atoms with E-state index in [0.717, 1.165) is 11.5 Å². The van der Waals surface area contributed by atoms with Crippen LogP contribution in [0.25, 0.3) is 11.0 Å². The van der Waals surface area contributed by atoms with Gasteiger partial charge >= 0.3 is 0 Å². The molecule has 0 spiro atoms. The molecule has 2 N–H and O–H groups in total. The summed E-state index contributed by atoms with van der Waals surface area (Å²) in [4.78, 5) is 17.7. The maximum Gasteiger partial charge on any atom is 0.271 e. The number of nitrogens with zero attached hydrogens (tertiary/aromatic N) is 2. The van der Waals surface area contributed by atoms with Crippen molar-refractivity contribution in [2.45, 2.75) is 19.9 Å². The van der Waals surface area contributed by atoms with Gasteiger partial charge in [-0.15, -0.1) is 0 Å². The fourth-order valence-electron chi connectivity index (χ4n) is 2.14. The molecule has 7 nitrogen and oxygen atoms in total. The van der Waals surface area contributed by atoms with Crippen molar-refractivity contribution in [3.8, 4) is 0 Å². The van der Waals surface area contributed by atoms with E-state index in [0.29, 0.717) is 17.0 Å². The highest BCUT2D eigenvalue weighted by molar-refractivity contribution is 5.79. The zero-order chi connectivity index (χ0) is 15.0. The lowest BCUT2D eigenvalue weighted by Gasteiger charge is -2.09. The van der Waals surface area contributed by atoms with Gasteiger partial charge in [-0.3, -0.25) is 10.1 Å². The maximum absolute atomic E-state index is 10.8. The second-order valence-electron chi connectivity index (χ2n) is 4.86. The molecule has 0 amide bonds. The third-order valence-electron chi connectivity index (χ3n) is 3.22. The van der Waals surface area contributed by atoms with Gasteiger partial charge < -0.3 is 14.7 Å². The summed E-state index contributed by atoms with van der Waals surface area (Å²) in [5, 5.41) is 13.9. The number of nitro groups is 1. The van der Waals surface area contributed by atoms with E-state index in [1.807, 2.05) is 26.0 Å². The minimum atomic E-state index is -0.429. The molecule has 0 radical (unpaired) electrons. The molecule has 1 atom stereocenters. The number of hydrogen-bond acceptors (Lipinski definition) is 5. The lowest BCUT2D eigenvalue weighted by Crippen LogP contribution is -2.06. The lowest BCUT2D eigenvalue weighted by atomic mass is 10.2. The van der Waals surface area contributed by atoms with Crippen LogP contribution in [0.1, 0.15) is 24.5 Å². The standard InChI is InChI=1S/C14H14N4O3/c1-8-3-6-13(21-8)9(2)15-14-16-11-5-4-10(18(19)20)7-12(11)17-14/h3-7,9H,1-2H3,(H2,15,16,17). The van der Waals surface area contributed by atoms with E-state index in [4.69, 9.17) is 4.42 Å². The Hall–Kier alpha value is -2.83. The molecule has 0 saturated heterocycles. The van der Waals surface area contributed by atoms with Gasteiger partial charge in [-0.05, 0) is 32.0 Å². The number of H-pyrrole nitrogens is 1. The number of aromatic amines is 1. The predicted molar refractivity (Wildman–Crippen MR) is 78.2 cm³/mol. The number of imidazole rings is 1. The fourth-order valence-corrected chi connectivity index (χ4v) is 2.14. The Morgan fingerprint density at radius 2 is 2.19 bits per heavy atom. The summed E-state index contributed by atoms with van der Waals surface area (Å²) in [5.41, 5.74) is 1.33. The first-order valence-corrected chi connectivity index (χ1v) is 6.50. The Balaban J connectivity index is 1.85. The topological polar surface area (TPSA) is 97.0 Å². The number of non-ortho nitro benzene ring substituents is 1. The number of hydrogen-bond donors (Lipinski definition) is 2. The summed E-state index contributed by atoms with van der Waals surface area (Å²) in [6.07, 6.45) is 0. The van der Waals surface area contributed by atoms with Gasteiger partial charge in [0.25, 0.3) is 5.69 Å². The van der Waals surface area contributed by atoms with Crippen LogP contribution in [0.2, 0.25) is 0 Å². The number of aromatic nitrogens is 2. The van der Waals surface area contributed by atoms with Gasteiger partial charge in [0.1, 0.15) is 11.5 Å². The third-order valence-corrected chi connectivity index (χ3v) is 3.22. The summed E-state index contributed by atoms with van der Waals surface area (Å²) < 4.78 is 5.55. The molecule has 0 saturated carbocycles. The van der Waals surface area contributed by atoms with Crippen molar-refractivity contribution in [1.29, 1.82) is 0 Å². The average Bonchev–Trinajstić information content (AvgIpc) is 3.03. The number of nitro benzene ring substituents is 1. The first-order valence-electron chi connectivity index (χ1n) is 6.50. The molecule has 108 valence electrons. The second-order valence-corrected chi connectivity index (χ2v) is 4.86. The smallest absolute Gasteiger partial charge is 0.271 e. The number of fused-ring (bicyclic) bond motifs is 1. The zero-order valence-electron chi connectivity index (χ0n) is 11.6. The normalized spacial score (nSPS) is 12.5. The van der Waals surface area contributed by atoms with Gasteiger partial charge in [0, 0.05) is 12.1 Å². The van der Waals surface area contributed by atoms with Gasteiger partial charge in [-0.1, -0.05) is 0 Å². The first-order chi connectivity index (χ1) is 10.0. The minimum absolute atomic E-state index is 0.0346. The highest BCUT2D eigenvalue weighted by atomic mass is 16.6. The van der Waals surface area contributed by atoms with Crippen LogP contribution in [0.5, 0.6) is 0 Å². The molecule has 0 aliphatic rings. The Bertz CT molecular complexity index is 806. The van der Waals surface area contributed by atoms with Gasteiger partial charge in [-0.25, -0.2) is 4.98 Å². The van der Waals surface area contributed by atoms with Crippen LogP contribution >= 0.6 is 0 Å². The van der Waals surface area contributed by atoms with Gasteiger partial charge in [-0.2, -0.15) is 0 Å². The molecule has 3 rings (SSSR count). The van der Waals surface area contributed by atoms with Crippen molar-refractivity contribution < 1.29 is 9.34 Å². The highest BCUT2D eigenvalue weighted by Gasteiger charge is 2.13. The Kier molecular flexibility index (Phi) is 3.09. The largest absolute Gasteiger partial charge is 0.464 e.